The van der Waals surface area contributed by atoms with Crippen LogP contribution in [0.3, 0.4) is 0 Å². The molecule has 0 atom stereocenters. The minimum absolute atomic E-state index is 0.0575. The van der Waals surface area contributed by atoms with E-state index >= 15 is 0 Å². The number of non-ortho nitro benzene ring substituents is 1. The summed E-state index contributed by atoms with van der Waals surface area (Å²) in [5.74, 6) is 0.546. The van der Waals surface area contributed by atoms with Crippen LogP contribution >= 0.6 is 0 Å². The molecular weight excluding hydrogens is 244 g/mol. The van der Waals surface area contributed by atoms with E-state index in [0.29, 0.717) is 18.4 Å². The molecule has 1 N–H and O–H groups in total. The molecule has 0 saturated heterocycles. The van der Waals surface area contributed by atoms with E-state index in [0.717, 1.165) is 24.9 Å². The average Bonchev–Trinajstić information content (AvgIpc) is 2.42. The van der Waals surface area contributed by atoms with Crippen LogP contribution in [0.25, 0.3) is 0 Å². The zero-order valence-corrected chi connectivity index (χ0v) is 11.8. The third kappa shape index (κ3) is 4.77. The Morgan fingerprint density at radius 2 is 1.95 bits per heavy atom. The molecule has 0 amide bonds. The van der Waals surface area contributed by atoms with Gasteiger partial charge in [0.15, 0.2) is 0 Å². The van der Waals surface area contributed by atoms with E-state index in [1.807, 2.05) is 13.0 Å². The monoisotopic (exact) mass is 266 g/mol. The molecule has 0 radical (unpaired) electrons. The van der Waals surface area contributed by atoms with Crippen molar-refractivity contribution in [1.29, 1.82) is 0 Å². The van der Waals surface area contributed by atoms with Crippen LogP contribution in [-0.2, 0) is 0 Å². The first-order valence-electron chi connectivity index (χ1n) is 6.79. The first kappa shape index (κ1) is 15.3. The summed E-state index contributed by atoms with van der Waals surface area (Å²) in [5, 5.41) is 14.2. The number of benzene rings is 1. The summed E-state index contributed by atoms with van der Waals surface area (Å²) in [6.45, 7) is 6.74. The fourth-order valence-electron chi connectivity index (χ4n) is 1.80. The molecule has 0 fully saturated rings. The predicted octanol–water partition coefficient (Wildman–Crippen LogP) is 3.98. The second-order valence-corrected chi connectivity index (χ2v) is 4.48. The van der Waals surface area contributed by atoms with Crippen molar-refractivity contribution in [2.24, 2.45) is 0 Å². The fourth-order valence-corrected chi connectivity index (χ4v) is 1.80. The zero-order valence-electron chi connectivity index (χ0n) is 11.8. The van der Waals surface area contributed by atoms with Crippen LogP contribution in [0.15, 0.2) is 18.2 Å². The van der Waals surface area contributed by atoms with E-state index in [1.165, 1.54) is 6.07 Å². The Kier molecular flexibility index (Phi) is 6.12. The van der Waals surface area contributed by atoms with Crippen LogP contribution < -0.4 is 10.1 Å². The second kappa shape index (κ2) is 7.61. The minimum Gasteiger partial charge on any atom is -0.493 e. The van der Waals surface area contributed by atoms with Crippen molar-refractivity contribution in [3.05, 3.63) is 28.3 Å². The molecule has 0 saturated carbocycles. The van der Waals surface area contributed by atoms with Crippen LogP contribution in [0.1, 0.15) is 40.0 Å². The van der Waals surface area contributed by atoms with E-state index in [9.17, 15) is 10.1 Å². The Bertz CT molecular complexity index is 417. The number of rotatable bonds is 8. The van der Waals surface area contributed by atoms with Gasteiger partial charge in [0.2, 0.25) is 0 Å². The second-order valence-electron chi connectivity index (χ2n) is 4.48. The highest BCUT2D eigenvalue weighted by molar-refractivity contribution is 5.56. The zero-order chi connectivity index (χ0) is 14.3. The summed E-state index contributed by atoms with van der Waals surface area (Å²) in [6, 6.07) is 5.16. The molecule has 0 aliphatic carbocycles. The molecule has 0 aromatic heterocycles. The van der Waals surface area contributed by atoms with Gasteiger partial charge in [-0.2, -0.15) is 0 Å². The standard InChI is InChI=1S/C14H22N2O3/c1-4-7-19-14-9-12(15-11(5-2)6-3)8-13(10-14)16(17)18/h8-11,15H,4-7H2,1-3H3. The first-order valence-corrected chi connectivity index (χ1v) is 6.79. The van der Waals surface area contributed by atoms with Crippen molar-refractivity contribution in [1.82, 2.24) is 0 Å². The number of anilines is 1. The van der Waals surface area contributed by atoms with Gasteiger partial charge in [-0.15, -0.1) is 0 Å². The first-order chi connectivity index (χ1) is 9.10. The Labute approximate surface area is 114 Å². The van der Waals surface area contributed by atoms with Crippen molar-refractivity contribution in [3.8, 4) is 5.75 Å². The topological polar surface area (TPSA) is 64.4 Å². The number of hydrogen-bond acceptors (Lipinski definition) is 4. The number of ether oxygens (including phenoxy) is 1. The summed E-state index contributed by atoms with van der Waals surface area (Å²) < 4.78 is 5.49. The van der Waals surface area contributed by atoms with Gasteiger partial charge in [-0.05, 0) is 19.3 Å². The average molecular weight is 266 g/mol. The highest BCUT2D eigenvalue weighted by Crippen LogP contribution is 2.27. The van der Waals surface area contributed by atoms with Crippen LogP contribution in [0, 0.1) is 10.1 Å². The molecule has 5 heteroatoms. The molecular formula is C14H22N2O3. The molecule has 1 rings (SSSR count). The van der Waals surface area contributed by atoms with Crippen molar-refractivity contribution in [3.63, 3.8) is 0 Å². The van der Waals surface area contributed by atoms with Crippen molar-refractivity contribution >= 4 is 11.4 Å². The maximum atomic E-state index is 10.9. The minimum atomic E-state index is -0.392. The van der Waals surface area contributed by atoms with Gasteiger partial charge >= 0.3 is 0 Å². The maximum absolute atomic E-state index is 10.9. The summed E-state index contributed by atoms with van der Waals surface area (Å²) in [4.78, 5) is 10.5. The van der Waals surface area contributed by atoms with E-state index in [1.54, 1.807) is 6.07 Å². The molecule has 0 aliphatic rings. The number of nitrogens with zero attached hydrogens (tertiary/aromatic N) is 1. The van der Waals surface area contributed by atoms with E-state index < -0.39 is 4.92 Å². The molecule has 0 unspecified atom stereocenters. The van der Waals surface area contributed by atoms with Crippen LogP contribution in [0.4, 0.5) is 11.4 Å². The van der Waals surface area contributed by atoms with Gasteiger partial charge in [-0.25, -0.2) is 0 Å². The maximum Gasteiger partial charge on any atom is 0.275 e. The van der Waals surface area contributed by atoms with Gasteiger partial charge in [0.25, 0.3) is 5.69 Å². The van der Waals surface area contributed by atoms with Gasteiger partial charge in [0, 0.05) is 23.9 Å². The molecule has 1 aromatic rings. The SMILES string of the molecule is CCCOc1cc(NC(CC)CC)cc([N+](=O)[O-])c1. The Morgan fingerprint density at radius 3 is 2.47 bits per heavy atom. The lowest BCUT2D eigenvalue weighted by Crippen LogP contribution is -2.17. The quantitative estimate of drug-likeness (QED) is 0.571. The number of nitro benzene ring substituents is 1. The molecule has 5 nitrogen and oxygen atoms in total. The summed E-state index contributed by atoms with van der Waals surface area (Å²) >= 11 is 0. The molecule has 0 spiro atoms. The molecule has 106 valence electrons. The normalized spacial score (nSPS) is 10.5. The van der Waals surface area contributed by atoms with Crippen molar-refractivity contribution < 1.29 is 9.66 Å². The lowest BCUT2D eigenvalue weighted by molar-refractivity contribution is -0.384. The van der Waals surface area contributed by atoms with Gasteiger partial charge < -0.3 is 10.1 Å². The molecule has 0 aliphatic heterocycles. The highest BCUT2D eigenvalue weighted by Gasteiger charge is 2.12. The lowest BCUT2D eigenvalue weighted by Gasteiger charge is -2.17. The Balaban J connectivity index is 2.95. The van der Waals surface area contributed by atoms with E-state index in [4.69, 9.17) is 4.74 Å². The van der Waals surface area contributed by atoms with E-state index in [-0.39, 0.29) is 5.69 Å². The fraction of sp³-hybridized carbons (Fsp3) is 0.571. The largest absolute Gasteiger partial charge is 0.493 e. The van der Waals surface area contributed by atoms with Gasteiger partial charge in [0.1, 0.15) is 5.75 Å². The van der Waals surface area contributed by atoms with Gasteiger partial charge in [-0.1, -0.05) is 20.8 Å². The lowest BCUT2D eigenvalue weighted by atomic mass is 10.1. The van der Waals surface area contributed by atoms with E-state index in [2.05, 4.69) is 19.2 Å². The Hall–Kier alpha value is -1.78. The van der Waals surface area contributed by atoms with Gasteiger partial charge in [-0.3, -0.25) is 10.1 Å². The molecule has 0 heterocycles. The van der Waals surface area contributed by atoms with Gasteiger partial charge in [0.05, 0.1) is 17.6 Å². The Morgan fingerprint density at radius 1 is 1.26 bits per heavy atom. The third-order valence-electron chi connectivity index (χ3n) is 2.93. The van der Waals surface area contributed by atoms with Crippen molar-refractivity contribution in [2.45, 2.75) is 46.1 Å². The van der Waals surface area contributed by atoms with Crippen LogP contribution in [-0.4, -0.2) is 17.6 Å². The van der Waals surface area contributed by atoms with Crippen LogP contribution in [0.2, 0.25) is 0 Å². The molecule has 1 aromatic carbocycles. The number of nitro groups is 1. The summed E-state index contributed by atoms with van der Waals surface area (Å²) in [6.07, 6.45) is 2.83. The summed E-state index contributed by atoms with van der Waals surface area (Å²) in [5.41, 5.74) is 0.802. The third-order valence-corrected chi connectivity index (χ3v) is 2.93. The summed E-state index contributed by atoms with van der Waals surface area (Å²) in [7, 11) is 0. The number of hydrogen-bond donors (Lipinski definition) is 1. The predicted molar refractivity (Wildman–Crippen MR) is 76.9 cm³/mol. The highest BCUT2D eigenvalue weighted by atomic mass is 16.6. The van der Waals surface area contributed by atoms with Crippen molar-refractivity contribution in [2.75, 3.05) is 11.9 Å². The number of nitrogens with one attached hydrogen (secondary N) is 1. The van der Waals surface area contributed by atoms with Crippen LogP contribution in [0.5, 0.6) is 5.75 Å². The smallest absolute Gasteiger partial charge is 0.275 e. The molecule has 0 bridgehead atoms. The molecule has 19 heavy (non-hydrogen) atoms.